The Kier molecular flexibility index (Phi) is 32.1. The molecule has 0 spiro atoms. The molecule has 46 atom stereocenters. The van der Waals surface area contributed by atoms with Gasteiger partial charge in [-0.1, -0.05) is 0 Å². The molecule has 9 saturated heterocycles. The number of carboxylic acids is 1. The summed E-state index contributed by atoms with van der Waals surface area (Å²) in [6, 6.07) is -5.60. The number of aliphatic hydroxyl groups is 24. The molecule has 0 radical (unpaired) electrons. The number of hydrogen-bond donors (Lipinski definition) is 28. The first-order chi connectivity index (χ1) is 52.7. The normalized spacial score (nSPS) is 49.5. The highest BCUT2D eigenvalue weighted by atomic mass is 16.8. The quantitative estimate of drug-likeness (QED) is 0.0346. The predicted molar refractivity (Wildman–Crippen MR) is 345 cm³/mol. The Balaban J connectivity index is 0.989. The fourth-order valence-corrected chi connectivity index (χ4v) is 14.5. The molecule has 9 aliphatic rings. The molecule has 0 aliphatic carbocycles. The molecular formula is C63H105N3O46. The molecule has 0 unspecified atom stereocenters. The zero-order valence-electron chi connectivity index (χ0n) is 60.7. The van der Waals surface area contributed by atoms with Gasteiger partial charge in [-0.05, 0) is 20.8 Å². The van der Waals surface area contributed by atoms with Gasteiger partial charge in [-0.3, -0.25) is 14.4 Å². The van der Waals surface area contributed by atoms with E-state index in [1.165, 1.54) is 20.8 Å². The predicted octanol–water partition coefficient (Wildman–Crippen LogP) is -17.9. The lowest BCUT2D eigenvalue weighted by Gasteiger charge is -2.52. The van der Waals surface area contributed by atoms with Crippen LogP contribution in [0.15, 0.2) is 0 Å². The number of amides is 3. The van der Waals surface area contributed by atoms with Crippen molar-refractivity contribution >= 4 is 23.7 Å². The smallest absolute Gasteiger partial charge is 0.364 e. The molecule has 9 fully saturated rings. The summed E-state index contributed by atoms with van der Waals surface area (Å²) in [7, 11) is 0. The first-order valence-electron chi connectivity index (χ1n) is 35.8. The van der Waals surface area contributed by atoms with E-state index in [4.69, 9.17) is 80.5 Å². The van der Waals surface area contributed by atoms with E-state index in [-0.39, 0.29) is 0 Å². The van der Waals surface area contributed by atoms with Gasteiger partial charge in [0.1, 0.15) is 201 Å². The van der Waals surface area contributed by atoms with Crippen LogP contribution in [0.4, 0.5) is 0 Å². The number of aliphatic hydroxyl groups excluding tert-OH is 24. The van der Waals surface area contributed by atoms with Gasteiger partial charge in [0.05, 0.1) is 64.1 Å². The molecule has 49 heteroatoms. The molecule has 0 aromatic heterocycles. The van der Waals surface area contributed by atoms with Gasteiger partial charge in [-0.15, -0.1) is 0 Å². The number of nitrogens with one attached hydrogen (secondary N) is 3. The number of aliphatic carboxylic acids is 1. The molecule has 9 heterocycles. The Morgan fingerprint density at radius 1 is 0.384 bits per heavy atom. The zero-order valence-corrected chi connectivity index (χ0v) is 60.7. The molecule has 9 aliphatic heterocycles. The van der Waals surface area contributed by atoms with Crippen LogP contribution in [0.1, 0.15) is 48.0 Å². The Morgan fingerprint density at radius 3 is 1.28 bits per heavy atom. The minimum absolute atomic E-state index is 0.836. The van der Waals surface area contributed by atoms with Crippen LogP contribution in [0.25, 0.3) is 0 Å². The number of carbonyl (C=O) groups is 4. The number of ether oxygens (including phenoxy) is 17. The van der Waals surface area contributed by atoms with Crippen molar-refractivity contribution in [1.29, 1.82) is 0 Å². The van der Waals surface area contributed by atoms with E-state index in [0.29, 0.717) is 0 Å². The second-order valence-corrected chi connectivity index (χ2v) is 28.8. The third kappa shape index (κ3) is 19.7. The third-order valence-corrected chi connectivity index (χ3v) is 20.8. The van der Waals surface area contributed by atoms with Gasteiger partial charge in [0, 0.05) is 27.2 Å². The number of carboxylic acid groups (broad SMARTS) is 1. The maximum absolute atomic E-state index is 14.0. The van der Waals surface area contributed by atoms with E-state index in [9.17, 15) is 147 Å². The number of rotatable bonds is 28. The first-order valence-corrected chi connectivity index (χ1v) is 35.8. The summed E-state index contributed by atoms with van der Waals surface area (Å²) in [6.07, 6.45) is -88.4. The van der Waals surface area contributed by atoms with Crippen LogP contribution in [0, 0.1) is 0 Å². The van der Waals surface area contributed by atoms with E-state index in [1.807, 2.05) is 0 Å². The van der Waals surface area contributed by atoms with E-state index in [0.717, 1.165) is 20.8 Å². The van der Waals surface area contributed by atoms with Crippen LogP contribution in [-0.2, 0) is 99.7 Å². The fourth-order valence-electron chi connectivity index (χ4n) is 14.5. The summed E-state index contributed by atoms with van der Waals surface area (Å²) < 4.78 is 101. The van der Waals surface area contributed by atoms with E-state index >= 15 is 0 Å². The molecule has 0 bridgehead atoms. The molecule has 28 N–H and O–H groups in total. The van der Waals surface area contributed by atoms with Crippen molar-refractivity contribution < 1.29 is 227 Å². The maximum Gasteiger partial charge on any atom is 0.364 e. The Labute approximate surface area is 634 Å². The SMILES string of the molecule is CC(=O)N[C@@H]1[C@@H](O[C@@H]2O[C@H](CO)[C@H](O)[C@H](O[C@]3(C(=O)O)C[C@H](O[C@@H]4O[C@@H](C)[C@@H](O)[C@@H](O)[C@@H]4O)[C@@H](O[C@@H]4O[C@@H](C)[C@@H](O)[C@@H](O)[C@@H]4O)[C@H]([C@H](O)[C@H](O)CO)O3)[C@H]2O)[C@@H](O)[C@@H](CO[C@@H]2O[C@H](CO)[C@@H](O[C@@H]3O[C@H](CO)[C@H](O)[C@H](O[C@H]4O[C@H](CO)[C@H](O)[C@H](O)[C@H]4NC(C)=O)[C@H]3O[C@@H]3O[C@@H](C)[C@@H](O)[C@@H](O)[C@@H]3O)[C@H](O)[C@H]2NC(C)=O)O[C@@H]1O. The summed E-state index contributed by atoms with van der Waals surface area (Å²) in [4.78, 5) is 52.4. The second kappa shape index (κ2) is 39.0. The highest BCUT2D eigenvalue weighted by Gasteiger charge is 2.64. The van der Waals surface area contributed by atoms with Crippen LogP contribution in [-0.4, -0.2) is 473 Å². The summed E-state index contributed by atoms with van der Waals surface area (Å²) in [5, 5.41) is 285. The van der Waals surface area contributed by atoms with Crippen molar-refractivity contribution in [2.75, 3.05) is 39.6 Å². The summed E-state index contributed by atoms with van der Waals surface area (Å²) in [5.74, 6) is -8.54. The standard InChI is InChI=1S/C63H105N3O46/c1-14-30(76)40(86)43(89)57(97-14)101-21-7-63(62(94)95,112-52(33(79)20(75)8-67)48(21)107-58-44(90)41(87)31(77)15(2)98-58)111-50-35(81)23(10-69)103-60(46(50)92)108-49-29(66-19(6)74)54(93)100-26(37(49)83)13-96-55-28(65-18(5)73)39(85)47(25(12-71)105-55)106-61-53(110-59-45(91)42(88)32(78)16(3)99-59)51(36(82)24(11-70)104-61)109-56-27(64-17(4)72)38(84)34(80)22(9-68)102-56/h14-16,20-61,67-71,75-93H,7-13H2,1-6H3,(H,64,72)(H,65,73)(H,66,74)(H,94,95)/t14-,15-,16-,20+,21-,22+,23+,24+,25+,26+,27+,28+,29+,30+,31+,32+,33+,34-,35-,36-,37-,38+,39+,40+,41+,42+,43-,44-,45-,46+,47+,48+,49+,50-,51-,52-,53+,54-,55+,56+,57-,58-,59-,60-,61-,63+/m0/s1. The monoisotopic (exact) mass is 1640 g/mol. The van der Waals surface area contributed by atoms with Gasteiger partial charge in [-0.25, -0.2) is 4.79 Å². The average Bonchev–Trinajstić information content (AvgIpc) is 0.743. The molecule has 49 nitrogen and oxygen atoms in total. The Morgan fingerprint density at radius 2 is 0.786 bits per heavy atom. The van der Waals surface area contributed by atoms with Crippen LogP contribution >= 0.6 is 0 Å². The minimum Gasteiger partial charge on any atom is -0.477 e. The number of carbonyl (C=O) groups excluding carboxylic acids is 3. The van der Waals surface area contributed by atoms with Crippen LogP contribution in [0.5, 0.6) is 0 Å². The lowest BCUT2D eigenvalue weighted by Crippen LogP contribution is -2.71. The summed E-state index contributed by atoms with van der Waals surface area (Å²) in [6.45, 7) is -0.393. The Hall–Kier alpha value is -3.76. The topological polar surface area (TPSA) is 767 Å². The van der Waals surface area contributed by atoms with Crippen molar-refractivity contribution in [3.05, 3.63) is 0 Å². The molecule has 0 aromatic carbocycles. The van der Waals surface area contributed by atoms with E-state index in [1.54, 1.807) is 0 Å². The van der Waals surface area contributed by atoms with Gasteiger partial charge in [0.2, 0.25) is 17.7 Å². The Bertz CT molecular complexity index is 3020. The van der Waals surface area contributed by atoms with Gasteiger partial charge >= 0.3 is 5.97 Å². The third-order valence-electron chi connectivity index (χ3n) is 20.8. The van der Waals surface area contributed by atoms with E-state index < -0.39 is 352 Å². The largest absolute Gasteiger partial charge is 0.477 e. The molecule has 3 amide bonds. The highest BCUT2D eigenvalue weighted by Crippen LogP contribution is 2.44. The van der Waals surface area contributed by atoms with Crippen molar-refractivity contribution in [3.8, 4) is 0 Å². The van der Waals surface area contributed by atoms with Crippen molar-refractivity contribution in [1.82, 2.24) is 16.0 Å². The average molecular weight is 1640 g/mol. The molecular weight excluding hydrogens is 1530 g/mol. The second-order valence-electron chi connectivity index (χ2n) is 28.8. The molecule has 9 rings (SSSR count). The van der Waals surface area contributed by atoms with Crippen LogP contribution < -0.4 is 16.0 Å². The molecule has 648 valence electrons. The maximum atomic E-state index is 14.0. The number of hydrogen-bond acceptors (Lipinski definition) is 45. The van der Waals surface area contributed by atoms with Gasteiger partial charge in [-0.2, -0.15) is 0 Å². The summed E-state index contributed by atoms with van der Waals surface area (Å²) >= 11 is 0. The van der Waals surface area contributed by atoms with E-state index in [2.05, 4.69) is 16.0 Å². The fraction of sp³-hybridized carbons (Fsp3) is 0.937. The van der Waals surface area contributed by atoms with Gasteiger partial charge in [0.15, 0.2) is 50.3 Å². The van der Waals surface area contributed by atoms with Gasteiger partial charge in [0.25, 0.3) is 5.79 Å². The minimum atomic E-state index is -3.54. The molecule has 0 aromatic rings. The van der Waals surface area contributed by atoms with Gasteiger partial charge < -0.3 is 224 Å². The molecule has 112 heavy (non-hydrogen) atoms. The van der Waals surface area contributed by atoms with Crippen molar-refractivity contribution in [3.63, 3.8) is 0 Å². The zero-order chi connectivity index (χ0) is 82.9. The highest BCUT2D eigenvalue weighted by molar-refractivity contribution is 5.76. The molecule has 0 saturated carbocycles. The van der Waals surface area contributed by atoms with Crippen molar-refractivity contribution in [2.45, 2.75) is 330 Å². The first kappa shape index (κ1) is 92.1. The van der Waals surface area contributed by atoms with Crippen LogP contribution in [0.3, 0.4) is 0 Å². The van der Waals surface area contributed by atoms with Crippen LogP contribution in [0.2, 0.25) is 0 Å². The summed E-state index contributed by atoms with van der Waals surface area (Å²) in [5.41, 5.74) is 0. The lowest BCUT2D eigenvalue weighted by molar-refractivity contribution is -0.408. The van der Waals surface area contributed by atoms with Crippen molar-refractivity contribution in [2.24, 2.45) is 0 Å². The lowest BCUT2D eigenvalue weighted by atomic mass is 9.89.